The molecule has 0 saturated heterocycles. The summed E-state index contributed by atoms with van der Waals surface area (Å²) in [7, 11) is 0. The lowest BCUT2D eigenvalue weighted by Gasteiger charge is -2.07. The minimum absolute atomic E-state index is 0.274. The third kappa shape index (κ3) is 1.88. The van der Waals surface area contributed by atoms with Gasteiger partial charge in [0.2, 0.25) is 0 Å². The molecule has 0 aliphatic rings. The minimum Gasteiger partial charge on any atom is -0.432 e. The van der Waals surface area contributed by atoms with E-state index in [1.807, 2.05) is 0 Å². The van der Waals surface area contributed by atoms with Gasteiger partial charge in [-0.15, -0.1) is 0 Å². The molecule has 0 N–H and O–H groups in total. The zero-order valence-corrected chi connectivity index (χ0v) is 7.58. The van der Waals surface area contributed by atoms with Gasteiger partial charge in [0.25, 0.3) is 0 Å². The Morgan fingerprint density at radius 2 is 1.73 bits per heavy atom. The summed E-state index contributed by atoms with van der Waals surface area (Å²) in [6.45, 7) is -3.01. The van der Waals surface area contributed by atoms with Gasteiger partial charge in [0, 0.05) is 5.39 Å². The lowest BCUT2D eigenvalue weighted by atomic mass is 10.1. The summed E-state index contributed by atoms with van der Waals surface area (Å²) in [6, 6.07) is 9.33. The van der Waals surface area contributed by atoms with Crippen LogP contribution in [0.2, 0.25) is 0 Å². The van der Waals surface area contributed by atoms with E-state index in [0.29, 0.717) is 5.39 Å². The SMILES string of the molecule is Fc1c(OC(F)F)ccc2ccccc12. The van der Waals surface area contributed by atoms with Crippen LogP contribution >= 0.6 is 0 Å². The fourth-order valence-electron chi connectivity index (χ4n) is 1.40. The second-order valence-electron chi connectivity index (χ2n) is 2.98. The van der Waals surface area contributed by atoms with Crippen molar-refractivity contribution in [2.75, 3.05) is 0 Å². The fourth-order valence-corrected chi connectivity index (χ4v) is 1.40. The third-order valence-corrected chi connectivity index (χ3v) is 2.04. The number of benzene rings is 2. The van der Waals surface area contributed by atoms with Gasteiger partial charge in [0.1, 0.15) is 0 Å². The monoisotopic (exact) mass is 212 g/mol. The van der Waals surface area contributed by atoms with Gasteiger partial charge >= 0.3 is 6.61 Å². The van der Waals surface area contributed by atoms with Crippen molar-refractivity contribution in [1.82, 2.24) is 0 Å². The molecule has 0 unspecified atom stereocenters. The molecule has 0 spiro atoms. The first kappa shape index (κ1) is 9.83. The van der Waals surface area contributed by atoms with Crippen LogP contribution in [0.1, 0.15) is 0 Å². The Hall–Kier alpha value is -1.71. The van der Waals surface area contributed by atoms with Crippen LogP contribution in [0.15, 0.2) is 36.4 Å². The summed E-state index contributed by atoms with van der Waals surface area (Å²) < 4.78 is 41.4. The summed E-state index contributed by atoms with van der Waals surface area (Å²) in [5.41, 5.74) is 0. The molecule has 0 bridgehead atoms. The molecule has 0 aliphatic heterocycles. The van der Waals surface area contributed by atoms with Crippen molar-refractivity contribution in [1.29, 1.82) is 0 Å². The molecule has 0 aromatic heterocycles. The fraction of sp³-hybridized carbons (Fsp3) is 0.0909. The standard InChI is InChI=1S/C11H7F3O/c12-10-8-4-2-1-3-7(8)5-6-9(10)15-11(13)14/h1-6,11H. The first-order valence-corrected chi connectivity index (χ1v) is 4.30. The highest BCUT2D eigenvalue weighted by atomic mass is 19.3. The van der Waals surface area contributed by atoms with Crippen molar-refractivity contribution in [3.63, 3.8) is 0 Å². The van der Waals surface area contributed by atoms with Gasteiger partial charge in [-0.2, -0.15) is 8.78 Å². The Morgan fingerprint density at radius 1 is 1.00 bits per heavy atom. The van der Waals surface area contributed by atoms with Crippen molar-refractivity contribution in [2.45, 2.75) is 6.61 Å². The molecule has 0 amide bonds. The molecule has 4 heteroatoms. The molecule has 78 valence electrons. The van der Waals surface area contributed by atoms with Gasteiger partial charge in [0.15, 0.2) is 11.6 Å². The quantitative estimate of drug-likeness (QED) is 0.739. The smallest absolute Gasteiger partial charge is 0.387 e. The molecule has 15 heavy (non-hydrogen) atoms. The van der Waals surface area contributed by atoms with Gasteiger partial charge in [-0.3, -0.25) is 0 Å². The van der Waals surface area contributed by atoms with Crippen molar-refractivity contribution in [3.8, 4) is 5.75 Å². The van der Waals surface area contributed by atoms with Crippen LogP contribution in [0.3, 0.4) is 0 Å². The van der Waals surface area contributed by atoms with Crippen LogP contribution in [0, 0.1) is 5.82 Å². The third-order valence-electron chi connectivity index (χ3n) is 2.04. The molecule has 0 fully saturated rings. The number of fused-ring (bicyclic) bond motifs is 1. The molecule has 0 aliphatic carbocycles. The van der Waals surface area contributed by atoms with E-state index < -0.39 is 18.2 Å². The van der Waals surface area contributed by atoms with Gasteiger partial charge in [0.05, 0.1) is 0 Å². The summed E-state index contributed by atoms with van der Waals surface area (Å²) in [5.74, 6) is -1.18. The molecule has 1 nitrogen and oxygen atoms in total. The zero-order chi connectivity index (χ0) is 10.8. The second kappa shape index (κ2) is 3.81. The van der Waals surface area contributed by atoms with Gasteiger partial charge in [-0.05, 0) is 11.5 Å². The summed E-state index contributed by atoms with van der Waals surface area (Å²) in [5, 5.41) is 0.923. The van der Waals surface area contributed by atoms with Crippen LogP contribution < -0.4 is 4.74 Å². The number of hydrogen-bond donors (Lipinski definition) is 0. The van der Waals surface area contributed by atoms with Crippen molar-refractivity contribution in [3.05, 3.63) is 42.2 Å². The Morgan fingerprint density at radius 3 is 2.47 bits per heavy atom. The van der Waals surface area contributed by atoms with Crippen molar-refractivity contribution < 1.29 is 17.9 Å². The van der Waals surface area contributed by atoms with Crippen molar-refractivity contribution in [2.24, 2.45) is 0 Å². The predicted molar refractivity (Wildman–Crippen MR) is 50.5 cm³/mol. The van der Waals surface area contributed by atoms with Crippen LogP contribution in [-0.4, -0.2) is 6.61 Å². The Labute approximate surface area is 84.1 Å². The lowest BCUT2D eigenvalue weighted by molar-refractivity contribution is -0.0520. The van der Waals surface area contributed by atoms with Crippen LogP contribution in [-0.2, 0) is 0 Å². The van der Waals surface area contributed by atoms with E-state index in [1.165, 1.54) is 18.2 Å². The number of rotatable bonds is 2. The first-order chi connectivity index (χ1) is 7.18. The summed E-state index contributed by atoms with van der Waals surface area (Å²) >= 11 is 0. The van der Waals surface area contributed by atoms with E-state index in [1.54, 1.807) is 18.2 Å². The minimum atomic E-state index is -3.01. The first-order valence-electron chi connectivity index (χ1n) is 4.30. The molecule has 2 aromatic carbocycles. The van der Waals surface area contributed by atoms with E-state index in [9.17, 15) is 13.2 Å². The van der Waals surface area contributed by atoms with Gasteiger partial charge in [-0.25, -0.2) is 4.39 Å². The Kier molecular flexibility index (Phi) is 2.49. The topological polar surface area (TPSA) is 9.23 Å². The maximum Gasteiger partial charge on any atom is 0.387 e. The molecular formula is C11H7F3O. The number of ether oxygens (including phenoxy) is 1. The van der Waals surface area contributed by atoms with Gasteiger partial charge < -0.3 is 4.74 Å². The van der Waals surface area contributed by atoms with E-state index in [-0.39, 0.29) is 5.39 Å². The van der Waals surface area contributed by atoms with E-state index >= 15 is 0 Å². The maximum absolute atomic E-state index is 13.6. The Bertz CT molecular complexity index is 482. The van der Waals surface area contributed by atoms with Crippen LogP contribution in [0.5, 0.6) is 5.75 Å². The Balaban J connectivity index is 2.55. The number of hydrogen-bond acceptors (Lipinski definition) is 1. The lowest BCUT2D eigenvalue weighted by Crippen LogP contribution is -2.03. The second-order valence-corrected chi connectivity index (χ2v) is 2.98. The molecule has 0 saturated carbocycles. The average molecular weight is 212 g/mol. The predicted octanol–water partition coefficient (Wildman–Crippen LogP) is 3.58. The molecule has 0 heterocycles. The average Bonchev–Trinajstić information content (AvgIpc) is 2.22. The molecular weight excluding hydrogens is 205 g/mol. The highest BCUT2D eigenvalue weighted by Crippen LogP contribution is 2.27. The molecule has 2 aromatic rings. The van der Waals surface area contributed by atoms with E-state index in [0.717, 1.165) is 0 Å². The molecule has 0 atom stereocenters. The highest BCUT2D eigenvalue weighted by molar-refractivity contribution is 5.84. The summed E-state index contributed by atoms with van der Waals surface area (Å²) in [6.07, 6.45) is 0. The van der Waals surface area contributed by atoms with Gasteiger partial charge in [-0.1, -0.05) is 30.3 Å². The van der Waals surface area contributed by atoms with Crippen molar-refractivity contribution >= 4 is 10.8 Å². The maximum atomic E-state index is 13.6. The summed E-state index contributed by atoms with van der Waals surface area (Å²) in [4.78, 5) is 0. The van der Waals surface area contributed by atoms with E-state index in [2.05, 4.69) is 4.74 Å². The van der Waals surface area contributed by atoms with E-state index in [4.69, 9.17) is 0 Å². The zero-order valence-electron chi connectivity index (χ0n) is 7.58. The molecule has 2 rings (SSSR count). The largest absolute Gasteiger partial charge is 0.432 e. The normalized spacial score (nSPS) is 10.9. The van der Waals surface area contributed by atoms with Crippen LogP contribution in [0.4, 0.5) is 13.2 Å². The van der Waals surface area contributed by atoms with Crippen LogP contribution in [0.25, 0.3) is 10.8 Å². The number of halogens is 3. The molecule has 0 radical (unpaired) electrons. The highest BCUT2D eigenvalue weighted by Gasteiger charge is 2.11. The number of alkyl halides is 2.